The average molecular weight is 321 g/mol. The lowest BCUT2D eigenvalue weighted by Gasteiger charge is -2.19. The third-order valence-electron chi connectivity index (χ3n) is 2.71. The SMILES string of the molecule is CN(Cc1cccc(Br)c1)c1ccnc(C(=O)O)c1. The van der Waals surface area contributed by atoms with Crippen molar-refractivity contribution in [2.24, 2.45) is 0 Å². The van der Waals surface area contributed by atoms with Gasteiger partial charge in [0.2, 0.25) is 0 Å². The maximum atomic E-state index is 10.9. The first-order chi connectivity index (χ1) is 9.06. The molecule has 1 aromatic carbocycles. The Labute approximate surface area is 119 Å². The molecule has 0 spiro atoms. The average Bonchev–Trinajstić information content (AvgIpc) is 2.39. The topological polar surface area (TPSA) is 53.4 Å². The predicted molar refractivity (Wildman–Crippen MR) is 77.4 cm³/mol. The van der Waals surface area contributed by atoms with E-state index in [1.165, 1.54) is 6.20 Å². The van der Waals surface area contributed by atoms with Crippen molar-refractivity contribution in [1.29, 1.82) is 0 Å². The number of carbonyl (C=O) groups is 1. The molecule has 1 aromatic heterocycles. The van der Waals surface area contributed by atoms with Gasteiger partial charge in [-0.15, -0.1) is 0 Å². The van der Waals surface area contributed by atoms with Gasteiger partial charge in [0.05, 0.1) is 0 Å². The maximum absolute atomic E-state index is 10.9. The Morgan fingerprint density at radius 3 is 2.84 bits per heavy atom. The number of anilines is 1. The predicted octanol–water partition coefficient (Wildman–Crippen LogP) is 3.18. The summed E-state index contributed by atoms with van der Waals surface area (Å²) in [4.78, 5) is 16.7. The van der Waals surface area contributed by atoms with Crippen LogP contribution in [-0.2, 0) is 6.54 Å². The number of aromatic carboxylic acids is 1. The molecule has 1 heterocycles. The number of rotatable bonds is 4. The molecule has 0 bridgehead atoms. The van der Waals surface area contributed by atoms with Gasteiger partial charge in [-0.2, -0.15) is 0 Å². The van der Waals surface area contributed by atoms with Crippen LogP contribution >= 0.6 is 15.9 Å². The van der Waals surface area contributed by atoms with E-state index in [0.717, 1.165) is 15.7 Å². The molecule has 98 valence electrons. The summed E-state index contributed by atoms with van der Waals surface area (Å²) in [5.41, 5.74) is 2.02. The van der Waals surface area contributed by atoms with Crippen molar-refractivity contribution in [3.63, 3.8) is 0 Å². The van der Waals surface area contributed by atoms with Crippen molar-refractivity contribution in [3.8, 4) is 0 Å². The first-order valence-electron chi connectivity index (χ1n) is 5.71. The van der Waals surface area contributed by atoms with Crippen molar-refractivity contribution in [2.75, 3.05) is 11.9 Å². The number of hydrogen-bond donors (Lipinski definition) is 1. The smallest absolute Gasteiger partial charge is 0.354 e. The van der Waals surface area contributed by atoms with Gasteiger partial charge in [-0.1, -0.05) is 28.1 Å². The van der Waals surface area contributed by atoms with Gasteiger partial charge < -0.3 is 10.0 Å². The van der Waals surface area contributed by atoms with Gasteiger partial charge in [0.25, 0.3) is 0 Å². The quantitative estimate of drug-likeness (QED) is 0.940. The number of benzene rings is 1. The number of hydrogen-bond acceptors (Lipinski definition) is 3. The second-order valence-electron chi connectivity index (χ2n) is 4.19. The van der Waals surface area contributed by atoms with E-state index in [1.807, 2.05) is 36.2 Å². The number of carboxylic acids is 1. The van der Waals surface area contributed by atoms with Crippen molar-refractivity contribution < 1.29 is 9.90 Å². The Bertz CT molecular complexity index is 602. The fourth-order valence-corrected chi connectivity index (χ4v) is 2.22. The monoisotopic (exact) mass is 320 g/mol. The molecule has 0 radical (unpaired) electrons. The molecular formula is C14H13BrN2O2. The lowest BCUT2D eigenvalue weighted by Crippen LogP contribution is -2.17. The van der Waals surface area contributed by atoms with E-state index in [9.17, 15) is 4.79 Å². The zero-order valence-electron chi connectivity index (χ0n) is 10.4. The van der Waals surface area contributed by atoms with Crippen LogP contribution < -0.4 is 4.90 Å². The molecule has 0 amide bonds. The summed E-state index contributed by atoms with van der Waals surface area (Å²) in [6.07, 6.45) is 1.51. The van der Waals surface area contributed by atoms with Crippen LogP contribution in [0.3, 0.4) is 0 Å². The molecule has 19 heavy (non-hydrogen) atoms. The highest BCUT2D eigenvalue weighted by Crippen LogP contribution is 2.18. The number of carboxylic acid groups (broad SMARTS) is 1. The maximum Gasteiger partial charge on any atom is 0.354 e. The van der Waals surface area contributed by atoms with Crippen LogP contribution in [0.5, 0.6) is 0 Å². The molecule has 0 aliphatic heterocycles. The van der Waals surface area contributed by atoms with Crippen LogP contribution in [0.25, 0.3) is 0 Å². The van der Waals surface area contributed by atoms with Crippen LogP contribution in [0, 0.1) is 0 Å². The second kappa shape index (κ2) is 5.84. The van der Waals surface area contributed by atoms with E-state index in [-0.39, 0.29) is 5.69 Å². The number of nitrogens with zero attached hydrogens (tertiary/aromatic N) is 2. The summed E-state index contributed by atoms with van der Waals surface area (Å²) in [5.74, 6) is -1.02. The Morgan fingerprint density at radius 2 is 2.16 bits per heavy atom. The molecule has 0 saturated carbocycles. The molecule has 1 N–H and O–H groups in total. The molecule has 0 aliphatic carbocycles. The van der Waals surface area contributed by atoms with E-state index < -0.39 is 5.97 Å². The Morgan fingerprint density at radius 1 is 1.37 bits per heavy atom. The minimum absolute atomic E-state index is 0.0543. The molecule has 2 rings (SSSR count). The molecule has 5 heteroatoms. The fraction of sp³-hybridized carbons (Fsp3) is 0.143. The first-order valence-corrected chi connectivity index (χ1v) is 6.50. The summed E-state index contributed by atoms with van der Waals surface area (Å²) in [6, 6.07) is 11.4. The molecular weight excluding hydrogens is 308 g/mol. The van der Waals surface area contributed by atoms with Crippen LogP contribution in [0.4, 0.5) is 5.69 Å². The Balaban J connectivity index is 2.18. The zero-order chi connectivity index (χ0) is 13.8. The molecule has 0 saturated heterocycles. The van der Waals surface area contributed by atoms with E-state index in [4.69, 9.17) is 5.11 Å². The minimum Gasteiger partial charge on any atom is -0.477 e. The van der Waals surface area contributed by atoms with Crippen molar-refractivity contribution in [1.82, 2.24) is 4.98 Å². The molecule has 0 unspecified atom stereocenters. The fourth-order valence-electron chi connectivity index (χ4n) is 1.77. The van der Waals surface area contributed by atoms with Gasteiger partial charge in [-0.25, -0.2) is 9.78 Å². The number of pyridine rings is 1. The van der Waals surface area contributed by atoms with Crippen LogP contribution in [-0.4, -0.2) is 23.1 Å². The van der Waals surface area contributed by atoms with E-state index >= 15 is 0 Å². The summed E-state index contributed by atoms with van der Waals surface area (Å²) in [6.45, 7) is 0.697. The summed E-state index contributed by atoms with van der Waals surface area (Å²) >= 11 is 3.43. The third-order valence-corrected chi connectivity index (χ3v) is 3.21. The Hall–Kier alpha value is -1.88. The van der Waals surface area contributed by atoms with Crippen LogP contribution in [0.15, 0.2) is 47.1 Å². The third kappa shape index (κ3) is 3.54. The molecule has 2 aromatic rings. The molecule has 4 nitrogen and oxygen atoms in total. The second-order valence-corrected chi connectivity index (χ2v) is 5.11. The van der Waals surface area contributed by atoms with Gasteiger partial charge in [0.15, 0.2) is 0 Å². The highest BCUT2D eigenvalue weighted by atomic mass is 79.9. The number of halogens is 1. The van der Waals surface area contributed by atoms with E-state index in [1.54, 1.807) is 12.1 Å². The minimum atomic E-state index is -1.02. The highest BCUT2D eigenvalue weighted by Gasteiger charge is 2.08. The summed E-state index contributed by atoms with van der Waals surface area (Å²) < 4.78 is 1.03. The summed E-state index contributed by atoms with van der Waals surface area (Å²) in [5, 5.41) is 8.93. The standard InChI is InChI=1S/C14H13BrN2O2/c1-17(9-10-3-2-4-11(15)7-10)12-5-6-16-13(8-12)14(18)19/h2-8H,9H2,1H3,(H,18,19). The lowest BCUT2D eigenvalue weighted by atomic mass is 10.2. The van der Waals surface area contributed by atoms with Gasteiger partial charge in [0.1, 0.15) is 5.69 Å². The first kappa shape index (κ1) is 13.5. The highest BCUT2D eigenvalue weighted by molar-refractivity contribution is 9.10. The summed E-state index contributed by atoms with van der Waals surface area (Å²) in [7, 11) is 1.92. The zero-order valence-corrected chi connectivity index (χ0v) is 12.0. The van der Waals surface area contributed by atoms with Gasteiger partial charge in [-0.05, 0) is 29.8 Å². The van der Waals surface area contributed by atoms with Gasteiger partial charge in [0, 0.05) is 29.9 Å². The number of aromatic nitrogens is 1. The van der Waals surface area contributed by atoms with E-state index in [0.29, 0.717) is 6.54 Å². The van der Waals surface area contributed by atoms with Crippen molar-refractivity contribution in [2.45, 2.75) is 6.54 Å². The normalized spacial score (nSPS) is 10.2. The van der Waals surface area contributed by atoms with Crippen molar-refractivity contribution in [3.05, 3.63) is 58.3 Å². The molecule has 0 fully saturated rings. The van der Waals surface area contributed by atoms with Gasteiger partial charge in [-0.3, -0.25) is 0 Å². The molecule has 0 aliphatic rings. The van der Waals surface area contributed by atoms with Crippen LogP contribution in [0.2, 0.25) is 0 Å². The van der Waals surface area contributed by atoms with Crippen molar-refractivity contribution >= 4 is 27.6 Å². The molecule has 0 atom stereocenters. The van der Waals surface area contributed by atoms with E-state index in [2.05, 4.69) is 20.9 Å². The lowest BCUT2D eigenvalue weighted by molar-refractivity contribution is 0.0690. The van der Waals surface area contributed by atoms with Crippen LogP contribution in [0.1, 0.15) is 16.1 Å². The largest absolute Gasteiger partial charge is 0.477 e. The Kier molecular flexibility index (Phi) is 4.16. The van der Waals surface area contributed by atoms with Gasteiger partial charge >= 0.3 is 5.97 Å².